The van der Waals surface area contributed by atoms with Gasteiger partial charge >= 0.3 is 0 Å². The molecule has 0 amide bonds. The molecule has 18 heavy (non-hydrogen) atoms. The van der Waals surface area contributed by atoms with E-state index in [-0.39, 0.29) is 12.4 Å². The molecule has 4 heteroatoms. The quantitative estimate of drug-likeness (QED) is 0.784. The first kappa shape index (κ1) is 12.6. The van der Waals surface area contributed by atoms with Crippen molar-refractivity contribution in [3.05, 3.63) is 64.4 Å². The lowest BCUT2D eigenvalue weighted by Gasteiger charge is -2.09. The average molecular weight is 265 g/mol. The average Bonchev–Trinajstić information content (AvgIpc) is 2.39. The molecule has 92 valence electrons. The van der Waals surface area contributed by atoms with E-state index in [1.165, 1.54) is 12.1 Å². The minimum Gasteiger partial charge on any atom is -0.488 e. The van der Waals surface area contributed by atoms with E-state index in [1.807, 2.05) is 0 Å². The van der Waals surface area contributed by atoms with Crippen LogP contribution in [0.5, 0.6) is 5.75 Å². The summed E-state index contributed by atoms with van der Waals surface area (Å²) in [5, 5.41) is 0.454. The molecule has 2 aromatic rings. The van der Waals surface area contributed by atoms with Crippen molar-refractivity contribution in [3.8, 4) is 5.75 Å². The van der Waals surface area contributed by atoms with Crippen molar-refractivity contribution < 1.29 is 13.9 Å². The van der Waals surface area contributed by atoms with Crippen LogP contribution < -0.4 is 4.74 Å². The number of hydrogen-bond acceptors (Lipinski definition) is 2. The van der Waals surface area contributed by atoms with Gasteiger partial charge in [0.15, 0.2) is 6.29 Å². The normalized spacial score (nSPS) is 10.1. The third-order valence-corrected chi connectivity index (χ3v) is 2.67. The Hall–Kier alpha value is -1.87. The van der Waals surface area contributed by atoms with Crippen LogP contribution in [0.1, 0.15) is 15.9 Å². The summed E-state index contributed by atoms with van der Waals surface area (Å²) >= 11 is 5.76. The van der Waals surface area contributed by atoms with Crippen molar-refractivity contribution in [1.82, 2.24) is 0 Å². The molecule has 0 spiro atoms. The highest BCUT2D eigenvalue weighted by molar-refractivity contribution is 6.30. The molecule has 0 aliphatic rings. The predicted molar refractivity (Wildman–Crippen MR) is 67.6 cm³/mol. The van der Waals surface area contributed by atoms with E-state index in [4.69, 9.17) is 16.3 Å². The Labute approximate surface area is 109 Å². The summed E-state index contributed by atoms with van der Waals surface area (Å²) in [5.41, 5.74) is 0.781. The fourth-order valence-electron chi connectivity index (χ4n) is 1.51. The second-order valence-electron chi connectivity index (χ2n) is 3.68. The van der Waals surface area contributed by atoms with Crippen LogP contribution in [0.25, 0.3) is 0 Å². The summed E-state index contributed by atoms with van der Waals surface area (Å²) in [6, 6.07) is 11.0. The molecule has 0 fully saturated rings. The summed E-state index contributed by atoms with van der Waals surface area (Å²) in [6.45, 7) is 0.0646. The fourth-order valence-corrected chi connectivity index (χ4v) is 1.69. The lowest BCUT2D eigenvalue weighted by Crippen LogP contribution is -2.00. The van der Waals surface area contributed by atoms with Gasteiger partial charge in [-0.3, -0.25) is 4.79 Å². The highest BCUT2D eigenvalue weighted by Crippen LogP contribution is 2.22. The molecule has 0 saturated heterocycles. The molecule has 2 rings (SSSR count). The number of rotatable bonds is 4. The maximum atomic E-state index is 13.4. The molecule has 0 aliphatic heterocycles. The van der Waals surface area contributed by atoms with Crippen LogP contribution in [0.2, 0.25) is 5.02 Å². The van der Waals surface area contributed by atoms with Gasteiger partial charge in [0.1, 0.15) is 18.2 Å². The molecule has 0 aliphatic carbocycles. The minimum absolute atomic E-state index is 0.0646. The van der Waals surface area contributed by atoms with Crippen LogP contribution in [0.3, 0.4) is 0 Å². The topological polar surface area (TPSA) is 26.3 Å². The Kier molecular flexibility index (Phi) is 3.95. The number of benzene rings is 2. The number of hydrogen-bond donors (Lipinski definition) is 0. The molecule has 0 N–H and O–H groups in total. The molecule has 2 nitrogen and oxygen atoms in total. The number of halogens is 2. The van der Waals surface area contributed by atoms with Gasteiger partial charge < -0.3 is 4.74 Å². The number of aldehydes is 1. The van der Waals surface area contributed by atoms with Crippen molar-refractivity contribution in [1.29, 1.82) is 0 Å². The van der Waals surface area contributed by atoms with Gasteiger partial charge in [0.25, 0.3) is 0 Å². The molecule has 0 atom stereocenters. The Morgan fingerprint density at radius 3 is 2.72 bits per heavy atom. The summed E-state index contributed by atoms with van der Waals surface area (Å²) < 4.78 is 18.8. The molecule has 0 bridgehead atoms. The van der Waals surface area contributed by atoms with Crippen molar-refractivity contribution >= 4 is 17.9 Å². The molecule has 0 radical (unpaired) electrons. The van der Waals surface area contributed by atoms with Crippen LogP contribution in [0, 0.1) is 5.82 Å². The Bertz CT molecular complexity index is 569. The minimum atomic E-state index is -0.334. The zero-order chi connectivity index (χ0) is 13.0. The van der Waals surface area contributed by atoms with E-state index >= 15 is 0 Å². The Morgan fingerprint density at radius 2 is 2.00 bits per heavy atom. The van der Waals surface area contributed by atoms with Gasteiger partial charge in [-0.25, -0.2) is 4.39 Å². The van der Waals surface area contributed by atoms with Crippen LogP contribution >= 0.6 is 11.6 Å². The van der Waals surface area contributed by atoms with Crippen molar-refractivity contribution in [2.75, 3.05) is 0 Å². The van der Waals surface area contributed by atoms with Gasteiger partial charge in [-0.2, -0.15) is 0 Å². The predicted octanol–water partition coefficient (Wildman–Crippen LogP) is 3.87. The van der Waals surface area contributed by atoms with Crippen LogP contribution in [0.4, 0.5) is 4.39 Å². The van der Waals surface area contributed by atoms with Gasteiger partial charge in [0.2, 0.25) is 0 Å². The maximum Gasteiger partial charge on any atom is 0.153 e. The highest BCUT2D eigenvalue weighted by Gasteiger charge is 2.06. The Balaban J connectivity index is 2.16. The van der Waals surface area contributed by atoms with E-state index in [0.717, 1.165) is 0 Å². The van der Waals surface area contributed by atoms with Crippen molar-refractivity contribution in [2.24, 2.45) is 0 Å². The first-order valence-electron chi connectivity index (χ1n) is 5.31. The van der Waals surface area contributed by atoms with E-state index in [1.54, 1.807) is 30.3 Å². The fraction of sp³-hybridized carbons (Fsp3) is 0.0714. The zero-order valence-corrected chi connectivity index (χ0v) is 10.2. The summed E-state index contributed by atoms with van der Waals surface area (Å²) in [6.07, 6.45) is 0.655. The first-order chi connectivity index (χ1) is 8.70. The first-order valence-corrected chi connectivity index (χ1v) is 5.69. The van der Waals surface area contributed by atoms with Gasteiger partial charge in [-0.05, 0) is 24.3 Å². The van der Waals surface area contributed by atoms with Gasteiger partial charge in [0.05, 0.1) is 5.56 Å². The lowest BCUT2D eigenvalue weighted by atomic mass is 10.2. The summed E-state index contributed by atoms with van der Waals surface area (Å²) in [5.74, 6) is 0.0526. The molecule has 2 aromatic carbocycles. The monoisotopic (exact) mass is 264 g/mol. The highest BCUT2D eigenvalue weighted by atomic mass is 35.5. The van der Waals surface area contributed by atoms with Crippen molar-refractivity contribution in [3.63, 3.8) is 0 Å². The van der Waals surface area contributed by atoms with E-state index < -0.39 is 0 Å². The van der Waals surface area contributed by atoms with E-state index in [0.29, 0.717) is 28.2 Å². The summed E-state index contributed by atoms with van der Waals surface area (Å²) in [4.78, 5) is 10.8. The molecular weight excluding hydrogens is 255 g/mol. The zero-order valence-electron chi connectivity index (χ0n) is 9.40. The third-order valence-electron chi connectivity index (χ3n) is 2.44. The Morgan fingerprint density at radius 1 is 1.22 bits per heavy atom. The molecule has 0 unspecified atom stereocenters. The lowest BCUT2D eigenvalue weighted by molar-refractivity contribution is 0.111. The maximum absolute atomic E-state index is 13.4. The smallest absolute Gasteiger partial charge is 0.153 e. The van der Waals surface area contributed by atoms with Gasteiger partial charge in [-0.1, -0.05) is 29.8 Å². The second-order valence-corrected chi connectivity index (χ2v) is 4.12. The van der Waals surface area contributed by atoms with Crippen molar-refractivity contribution in [2.45, 2.75) is 6.61 Å². The van der Waals surface area contributed by atoms with Crippen LogP contribution in [-0.2, 0) is 6.61 Å². The summed E-state index contributed by atoms with van der Waals surface area (Å²) in [7, 11) is 0. The van der Waals surface area contributed by atoms with Crippen LogP contribution in [-0.4, -0.2) is 6.29 Å². The number of carbonyl (C=O) groups excluding carboxylic acids is 1. The molecule has 0 saturated carbocycles. The van der Waals surface area contributed by atoms with E-state index in [9.17, 15) is 9.18 Å². The van der Waals surface area contributed by atoms with Gasteiger partial charge in [-0.15, -0.1) is 0 Å². The third kappa shape index (κ3) is 2.87. The number of ether oxygens (including phenoxy) is 1. The largest absolute Gasteiger partial charge is 0.488 e. The van der Waals surface area contributed by atoms with E-state index in [2.05, 4.69) is 0 Å². The molecule has 0 heterocycles. The standard InChI is InChI=1S/C14H10ClFO2/c15-12-5-6-14(11(7-12)8-17)18-9-10-3-1-2-4-13(10)16/h1-8H,9H2. The number of carbonyl (C=O) groups is 1. The van der Waals surface area contributed by atoms with Crippen LogP contribution in [0.15, 0.2) is 42.5 Å². The second kappa shape index (κ2) is 5.65. The molecular formula is C14H10ClFO2. The van der Waals surface area contributed by atoms with Gasteiger partial charge in [0, 0.05) is 10.6 Å². The molecule has 0 aromatic heterocycles. The SMILES string of the molecule is O=Cc1cc(Cl)ccc1OCc1ccccc1F.